The van der Waals surface area contributed by atoms with Gasteiger partial charge in [-0.15, -0.1) is 0 Å². The summed E-state index contributed by atoms with van der Waals surface area (Å²) in [4.78, 5) is 48.4. The molecule has 45 heavy (non-hydrogen) atoms. The summed E-state index contributed by atoms with van der Waals surface area (Å²) >= 11 is 0. The number of rotatable bonds is 12. The standard InChI is InChI=1S/C37H36N2O6/c1-3-44-35(42)23-21-33(40)38-27-17-13-25(14-18-27)37(31-11-7-5-9-29(31)30-10-6-8-12-32(30)37)26-15-19-28(20-16-26)39-34(41)22-24-36(43)45-4-2/h5-20H,3-4,21-24H2,1-2H3,(H,38,40)(H,39,41). The molecule has 0 spiro atoms. The highest BCUT2D eigenvalue weighted by atomic mass is 16.5. The number of hydrogen-bond donors (Lipinski definition) is 2. The lowest BCUT2D eigenvalue weighted by molar-refractivity contribution is -0.144. The van der Waals surface area contributed by atoms with Crippen molar-refractivity contribution in [2.75, 3.05) is 23.8 Å². The van der Waals surface area contributed by atoms with Crippen LogP contribution in [-0.2, 0) is 34.1 Å². The lowest BCUT2D eigenvalue weighted by Crippen LogP contribution is -2.28. The number of amides is 2. The van der Waals surface area contributed by atoms with Crippen molar-refractivity contribution < 1.29 is 28.7 Å². The van der Waals surface area contributed by atoms with Gasteiger partial charge in [0.25, 0.3) is 0 Å². The van der Waals surface area contributed by atoms with Crippen molar-refractivity contribution in [2.24, 2.45) is 0 Å². The summed E-state index contributed by atoms with van der Waals surface area (Å²) < 4.78 is 9.85. The third kappa shape index (κ3) is 6.65. The molecule has 2 amide bonds. The molecule has 0 saturated heterocycles. The number of carbonyl (C=O) groups is 4. The Morgan fingerprint density at radius 3 is 1.29 bits per heavy atom. The second kappa shape index (κ2) is 14.0. The van der Waals surface area contributed by atoms with Gasteiger partial charge in [-0.2, -0.15) is 0 Å². The number of benzene rings is 4. The molecule has 0 unspecified atom stereocenters. The van der Waals surface area contributed by atoms with Gasteiger partial charge >= 0.3 is 11.9 Å². The van der Waals surface area contributed by atoms with E-state index in [1.54, 1.807) is 13.8 Å². The van der Waals surface area contributed by atoms with E-state index < -0.39 is 17.4 Å². The Hall–Kier alpha value is -5.24. The monoisotopic (exact) mass is 604 g/mol. The molecule has 0 atom stereocenters. The average molecular weight is 605 g/mol. The molecular weight excluding hydrogens is 568 g/mol. The van der Waals surface area contributed by atoms with Crippen molar-refractivity contribution in [1.29, 1.82) is 0 Å². The molecule has 0 aliphatic heterocycles. The minimum atomic E-state index is -0.661. The van der Waals surface area contributed by atoms with Crippen molar-refractivity contribution >= 4 is 35.1 Å². The van der Waals surface area contributed by atoms with Gasteiger partial charge in [-0.05, 0) is 71.5 Å². The van der Waals surface area contributed by atoms with Crippen LogP contribution in [0.2, 0.25) is 0 Å². The number of hydrogen-bond acceptors (Lipinski definition) is 6. The van der Waals surface area contributed by atoms with E-state index in [2.05, 4.69) is 34.9 Å². The molecule has 5 rings (SSSR count). The highest BCUT2D eigenvalue weighted by Crippen LogP contribution is 2.56. The van der Waals surface area contributed by atoms with Crippen LogP contribution in [0.4, 0.5) is 11.4 Å². The SMILES string of the molecule is CCOC(=O)CCC(=O)Nc1ccc(C2(c3ccc(NC(=O)CCC(=O)OCC)cc3)c3ccccc3-c3ccccc32)cc1. The topological polar surface area (TPSA) is 111 Å². The molecule has 0 aromatic heterocycles. The summed E-state index contributed by atoms with van der Waals surface area (Å²) in [5.74, 6) is -1.32. The van der Waals surface area contributed by atoms with Gasteiger partial charge in [0, 0.05) is 24.2 Å². The fourth-order valence-electron chi connectivity index (χ4n) is 5.98. The Morgan fingerprint density at radius 1 is 0.533 bits per heavy atom. The molecule has 1 aliphatic carbocycles. The maximum absolute atomic E-state index is 12.5. The van der Waals surface area contributed by atoms with E-state index in [0.717, 1.165) is 33.4 Å². The van der Waals surface area contributed by atoms with Gasteiger partial charge in [0.1, 0.15) is 0 Å². The Kier molecular flexibility index (Phi) is 9.73. The van der Waals surface area contributed by atoms with Crippen molar-refractivity contribution in [3.8, 4) is 11.1 Å². The number of nitrogens with one attached hydrogen (secondary N) is 2. The normalized spacial score (nSPS) is 12.4. The average Bonchev–Trinajstić information content (AvgIpc) is 3.35. The van der Waals surface area contributed by atoms with Gasteiger partial charge in [0.05, 0.1) is 31.5 Å². The van der Waals surface area contributed by atoms with Gasteiger partial charge in [0.15, 0.2) is 0 Å². The molecule has 8 heteroatoms. The summed E-state index contributed by atoms with van der Waals surface area (Å²) in [5, 5.41) is 5.76. The van der Waals surface area contributed by atoms with Crippen LogP contribution in [0.25, 0.3) is 11.1 Å². The third-order valence-corrected chi connectivity index (χ3v) is 7.88. The van der Waals surface area contributed by atoms with E-state index in [-0.39, 0.29) is 50.7 Å². The second-order valence-corrected chi connectivity index (χ2v) is 10.7. The van der Waals surface area contributed by atoms with Gasteiger partial charge < -0.3 is 20.1 Å². The zero-order valence-electron chi connectivity index (χ0n) is 25.4. The maximum atomic E-state index is 12.5. The predicted octanol–water partition coefficient (Wildman–Crippen LogP) is 6.61. The zero-order chi connectivity index (χ0) is 31.8. The van der Waals surface area contributed by atoms with Crippen LogP contribution in [0.3, 0.4) is 0 Å². The quantitative estimate of drug-likeness (QED) is 0.155. The third-order valence-electron chi connectivity index (χ3n) is 7.88. The first-order valence-corrected chi connectivity index (χ1v) is 15.2. The lowest BCUT2D eigenvalue weighted by atomic mass is 9.67. The molecular formula is C37H36N2O6. The van der Waals surface area contributed by atoms with E-state index in [9.17, 15) is 19.2 Å². The van der Waals surface area contributed by atoms with E-state index in [1.807, 2.05) is 72.8 Å². The van der Waals surface area contributed by atoms with Crippen molar-refractivity contribution in [1.82, 2.24) is 0 Å². The van der Waals surface area contributed by atoms with Crippen LogP contribution in [0, 0.1) is 0 Å². The van der Waals surface area contributed by atoms with E-state index in [1.165, 1.54) is 0 Å². The first-order valence-electron chi connectivity index (χ1n) is 15.2. The van der Waals surface area contributed by atoms with Crippen LogP contribution in [0.15, 0.2) is 97.1 Å². The highest BCUT2D eigenvalue weighted by molar-refractivity contribution is 5.94. The molecule has 0 bridgehead atoms. The summed E-state index contributed by atoms with van der Waals surface area (Å²) in [6.45, 7) is 4.03. The van der Waals surface area contributed by atoms with Crippen molar-refractivity contribution in [2.45, 2.75) is 44.9 Å². The number of carbonyl (C=O) groups excluding carboxylic acids is 4. The van der Waals surface area contributed by atoms with Crippen LogP contribution < -0.4 is 10.6 Å². The fourth-order valence-corrected chi connectivity index (χ4v) is 5.98. The molecule has 0 saturated carbocycles. The molecule has 0 heterocycles. The van der Waals surface area contributed by atoms with Gasteiger partial charge in [0.2, 0.25) is 11.8 Å². The Labute approximate surface area is 262 Å². The second-order valence-electron chi connectivity index (χ2n) is 10.7. The molecule has 4 aromatic rings. The van der Waals surface area contributed by atoms with Crippen molar-refractivity contribution in [3.05, 3.63) is 119 Å². The maximum Gasteiger partial charge on any atom is 0.306 e. The first kappa shape index (κ1) is 31.2. The number of esters is 2. The summed E-state index contributed by atoms with van der Waals surface area (Å²) in [7, 11) is 0. The van der Waals surface area contributed by atoms with Crippen LogP contribution in [-0.4, -0.2) is 37.0 Å². The Balaban J connectivity index is 1.46. The Morgan fingerprint density at radius 2 is 0.911 bits per heavy atom. The molecule has 0 radical (unpaired) electrons. The van der Waals surface area contributed by atoms with Crippen molar-refractivity contribution in [3.63, 3.8) is 0 Å². The van der Waals surface area contributed by atoms with Crippen LogP contribution in [0.5, 0.6) is 0 Å². The summed E-state index contributed by atoms with van der Waals surface area (Å²) in [5.41, 5.74) is 7.15. The van der Waals surface area contributed by atoms with Gasteiger partial charge in [-0.3, -0.25) is 19.2 Å². The number of anilines is 2. The Bertz CT molecular complexity index is 1570. The molecule has 1 aliphatic rings. The van der Waals surface area contributed by atoms with E-state index in [0.29, 0.717) is 11.4 Å². The van der Waals surface area contributed by atoms with Crippen LogP contribution >= 0.6 is 0 Å². The molecule has 230 valence electrons. The highest BCUT2D eigenvalue weighted by Gasteiger charge is 2.45. The van der Waals surface area contributed by atoms with E-state index in [4.69, 9.17) is 9.47 Å². The van der Waals surface area contributed by atoms with Gasteiger partial charge in [-0.1, -0.05) is 72.8 Å². The minimum Gasteiger partial charge on any atom is -0.466 e. The number of fused-ring (bicyclic) bond motifs is 3. The predicted molar refractivity (Wildman–Crippen MR) is 173 cm³/mol. The molecule has 8 nitrogen and oxygen atoms in total. The molecule has 2 N–H and O–H groups in total. The zero-order valence-corrected chi connectivity index (χ0v) is 25.4. The van der Waals surface area contributed by atoms with Crippen LogP contribution in [0.1, 0.15) is 61.8 Å². The number of ether oxygens (including phenoxy) is 2. The molecule has 0 fully saturated rings. The molecule has 4 aromatic carbocycles. The smallest absolute Gasteiger partial charge is 0.306 e. The van der Waals surface area contributed by atoms with Gasteiger partial charge in [-0.25, -0.2) is 0 Å². The summed E-state index contributed by atoms with van der Waals surface area (Å²) in [6, 6.07) is 32.3. The first-order chi connectivity index (χ1) is 21.9. The summed E-state index contributed by atoms with van der Waals surface area (Å²) in [6.07, 6.45) is 0.126. The largest absolute Gasteiger partial charge is 0.466 e. The minimum absolute atomic E-state index is 0.0241. The van der Waals surface area contributed by atoms with E-state index >= 15 is 0 Å². The fraction of sp³-hybridized carbons (Fsp3) is 0.243. The lowest BCUT2D eigenvalue weighted by Gasteiger charge is -2.34.